The van der Waals surface area contributed by atoms with Crippen LogP contribution in [0.15, 0.2) is 46.2 Å². The zero-order valence-corrected chi connectivity index (χ0v) is 18.5. The normalized spacial score (nSPS) is 24.8. The average Bonchev–Trinajstić information content (AvgIpc) is 3.46. The summed E-state index contributed by atoms with van der Waals surface area (Å²) in [5.74, 6) is -0.918. The molecule has 31 heavy (non-hydrogen) atoms. The van der Waals surface area contributed by atoms with Crippen LogP contribution in [0.5, 0.6) is 0 Å². The number of hydrogen-bond donors (Lipinski definition) is 2. The molecule has 2 amide bonds. The quantitative estimate of drug-likeness (QED) is 0.681. The molecule has 0 aromatic carbocycles. The zero-order chi connectivity index (χ0) is 22.0. The van der Waals surface area contributed by atoms with Crippen LogP contribution < -0.4 is 11.1 Å². The number of rotatable bonds is 5. The van der Waals surface area contributed by atoms with Crippen molar-refractivity contribution in [2.45, 2.75) is 48.1 Å². The van der Waals surface area contributed by atoms with Gasteiger partial charge in [0.25, 0.3) is 21.8 Å². The summed E-state index contributed by atoms with van der Waals surface area (Å²) in [5, 5.41) is 4.63. The van der Waals surface area contributed by atoms with Crippen LogP contribution in [-0.2, 0) is 14.8 Å². The third-order valence-electron chi connectivity index (χ3n) is 5.71. The Balaban J connectivity index is 1.62. The fraction of sp³-hybridized carbons (Fsp3) is 0.450. The Morgan fingerprint density at radius 2 is 1.90 bits per heavy atom. The predicted molar refractivity (Wildman–Crippen MR) is 116 cm³/mol. The number of thiophene rings is 1. The number of amides is 2. The molecule has 2 aromatic rings. The van der Waals surface area contributed by atoms with Crippen LogP contribution in [0.2, 0.25) is 0 Å². The van der Waals surface area contributed by atoms with Crippen molar-refractivity contribution in [3.8, 4) is 0 Å². The smallest absolute Gasteiger partial charge is 0.259 e. The number of nitrogens with zero attached hydrogens (tertiary/aromatic N) is 3. The molecule has 1 aliphatic carbocycles. The lowest BCUT2D eigenvalue weighted by atomic mass is 9.92. The van der Waals surface area contributed by atoms with Crippen molar-refractivity contribution in [1.82, 2.24) is 19.5 Å². The highest BCUT2D eigenvalue weighted by Crippen LogP contribution is 2.29. The summed E-state index contributed by atoms with van der Waals surface area (Å²) in [4.78, 5) is 31.7. The van der Waals surface area contributed by atoms with Crippen molar-refractivity contribution in [3.05, 3.63) is 47.6 Å². The Morgan fingerprint density at radius 3 is 2.55 bits per heavy atom. The van der Waals surface area contributed by atoms with Crippen molar-refractivity contribution < 1.29 is 18.0 Å². The number of nitrogens with two attached hydrogens (primary N) is 1. The van der Waals surface area contributed by atoms with E-state index in [4.69, 9.17) is 5.73 Å². The Bertz CT molecular complexity index is 1020. The number of pyridine rings is 1. The Hall–Kier alpha value is -2.34. The van der Waals surface area contributed by atoms with Crippen LogP contribution in [-0.4, -0.2) is 65.8 Å². The van der Waals surface area contributed by atoms with E-state index in [1.165, 1.54) is 17.2 Å². The van der Waals surface area contributed by atoms with E-state index in [1.807, 2.05) is 0 Å². The van der Waals surface area contributed by atoms with Gasteiger partial charge >= 0.3 is 0 Å². The van der Waals surface area contributed by atoms with Crippen molar-refractivity contribution in [3.63, 3.8) is 0 Å². The molecule has 1 saturated carbocycles. The van der Waals surface area contributed by atoms with Crippen molar-refractivity contribution >= 4 is 33.2 Å². The van der Waals surface area contributed by atoms with Gasteiger partial charge in [0.05, 0.1) is 5.56 Å². The second kappa shape index (κ2) is 9.03. The molecular formula is C20H25N5O4S2. The summed E-state index contributed by atoms with van der Waals surface area (Å²) >= 11 is 1.08. The predicted octanol–water partition coefficient (Wildman–Crippen LogP) is 1.00. The molecule has 0 radical (unpaired) electrons. The van der Waals surface area contributed by atoms with Crippen LogP contribution >= 0.6 is 11.3 Å². The number of carbonyl (C=O) groups excluding carboxylic acids is 2. The minimum absolute atomic E-state index is 0.0415. The number of carbonyl (C=O) groups is 2. The summed E-state index contributed by atoms with van der Waals surface area (Å²) in [6, 6.07) is 6.41. The highest BCUT2D eigenvalue weighted by atomic mass is 32.2. The first-order valence-electron chi connectivity index (χ1n) is 10.2. The van der Waals surface area contributed by atoms with Gasteiger partial charge in [-0.05, 0) is 49.3 Å². The minimum atomic E-state index is -3.93. The Labute approximate surface area is 185 Å². The lowest BCUT2D eigenvalue weighted by Gasteiger charge is -2.32. The highest BCUT2D eigenvalue weighted by Gasteiger charge is 2.47. The highest BCUT2D eigenvalue weighted by molar-refractivity contribution is 7.91. The summed E-state index contributed by atoms with van der Waals surface area (Å²) in [6.07, 6.45) is 4.76. The molecule has 166 valence electrons. The largest absolute Gasteiger partial charge is 0.350 e. The van der Waals surface area contributed by atoms with E-state index in [1.54, 1.807) is 29.8 Å². The van der Waals surface area contributed by atoms with Crippen LogP contribution in [0.4, 0.5) is 0 Å². The van der Waals surface area contributed by atoms with Gasteiger partial charge in [-0.1, -0.05) is 6.07 Å². The zero-order valence-electron chi connectivity index (χ0n) is 16.9. The molecule has 2 fully saturated rings. The van der Waals surface area contributed by atoms with Gasteiger partial charge in [0.1, 0.15) is 4.21 Å². The molecule has 4 rings (SSSR count). The van der Waals surface area contributed by atoms with Crippen LogP contribution in [0.25, 0.3) is 0 Å². The third kappa shape index (κ3) is 4.49. The first-order valence-corrected chi connectivity index (χ1v) is 12.5. The van der Waals surface area contributed by atoms with Gasteiger partial charge in [-0.2, -0.15) is 4.31 Å². The topological polar surface area (TPSA) is 126 Å². The van der Waals surface area contributed by atoms with E-state index in [9.17, 15) is 18.0 Å². The molecule has 0 bridgehead atoms. The van der Waals surface area contributed by atoms with Crippen molar-refractivity contribution in [2.24, 2.45) is 5.73 Å². The van der Waals surface area contributed by atoms with E-state index in [2.05, 4.69) is 10.3 Å². The monoisotopic (exact) mass is 463 g/mol. The second-order valence-corrected chi connectivity index (χ2v) is 10.8. The maximum Gasteiger partial charge on any atom is 0.259 e. The molecule has 2 aliphatic rings. The molecule has 2 aromatic heterocycles. The maximum absolute atomic E-state index is 13.3. The van der Waals surface area contributed by atoms with Gasteiger partial charge in [0.2, 0.25) is 0 Å². The maximum atomic E-state index is 13.3. The number of aromatic nitrogens is 1. The second-order valence-electron chi connectivity index (χ2n) is 7.78. The molecule has 1 atom stereocenters. The third-order valence-corrected chi connectivity index (χ3v) is 8.94. The van der Waals surface area contributed by atoms with Crippen molar-refractivity contribution in [2.75, 3.05) is 13.1 Å². The summed E-state index contributed by atoms with van der Waals surface area (Å²) in [6.45, 7) is 0.159. The lowest BCUT2D eigenvalue weighted by Crippen LogP contribution is -2.56. The minimum Gasteiger partial charge on any atom is -0.350 e. The first-order chi connectivity index (χ1) is 14.9. The van der Waals surface area contributed by atoms with Gasteiger partial charge in [0, 0.05) is 37.6 Å². The molecule has 1 unspecified atom stereocenters. The summed E-state index contributed by atoms with van der Waals surface area (Å²) < 4.78 is 27.7. The van der Waals surface area contributed by atoms with Crippen LogP contribution in [0, 0.1) is 0 Å². The van der Waals surface area contributed by atoms with Gasteiger partial charge in [-0.25, -0.2) is 8.42 Å². The van der Waals surface area contributed by atoms with Gasteiger partial charge in [-0.3, -0.25) is 14.6 Å². The molecular weight excluding hydrogens is 438 g/mol. The van der Waals surface area contributed by atoms with Gasteiger partial charge in [0.15, 0.2) is 6.17 Å². The molecule has 1 aliphatic heterocycles. The number of sulfonamides is 1. The van der Waals surface area contributed by atoms with E-state index < -0.39 is 28.0 Å². The fourth-order valence-electron chi connectivity index (χ4n) is 4.06. The van der Waals surface area contributed by atoms with E-state index in [0.29, 0.717) is 5.56 Å². The molecule has 11 heteroatoms. The summed E-state index contributed by atoms with van der Waals surface area (Å²) in [5.41, 5.74) is 6.26. The van der Waals surface area contributed by atoms with Crippen LogP contribution in [0.3, 0.4) is 0 Å². The van der Waals surface area contributed by atoms with E-state index in [-0.39, 0.29) is 29.4 Å². The fourth-order valence-corrected chi connectivity index (χ4v) is 6.73. The first kappa shape index (κ1) is 21.9. The Kier molecular flexibility index (Phi) is 6.37. The number of hydrogen-bond acceptors (Lipinski definition) is 7. The van der Waals surface area contributed by atoms with Gasteiger partial charge in [-0.15, -0.1) is 11.3 Å². The number of nitrogens with one attached hydrogen (secondary N) is 1. The lowest BCUT2D eigenvalue weighted by molar-refractivity contribution is -0.128. The Morgan fingerprint density at radius 1 is 1.13 bits per heavy atom. The van der Waals surface area contributed by atoms with Gasteiger partial charge < -0.3 is 16.0 Å². The molecule has 0 spiro atoms. The SMILES string of the molecule is NC1CCC(NC(=O)C2N(C(=O)c3cccnc3)CCN2S(=O)(=O)c2cccs2)CC1. The van der Waals surface area contributed by atoms with E-state index >= 15 is 0 Å². The summed E-state index contributed by atoms with van der Waals surface area (Å²) in [7, 11) is -3.93. The standard InChI is InChI=1S/C20H25N5O4S2/c21-15-5-7-16(8-6-15)23-18(26)19-24(20(27)14-3-1-9-22-13-14)10-11-25(19)31(28,29)17-4-2-12-30-17/h1-4,9,12-13,15-16,19H,5-8,10-11,21H2,(H,23,26). The molecule has 1 saturated heterocycles. The molecule has 9 nitrogen and oxygen atoms in total. The van der Waals surface area contributed by atoms with Crippen LogP contribution in [0.1, 0.15) is 36.0 Å². The molecule has 3 N–H and O–H groups in total. The van der Waals surface area contributed by atoms with Crippen molar-refractivity contribution in [1.29, 1.82) is 0 Å². The molecule has 3 heterocycles. The average molecular weight is 464 g/mol. The van der Waals surface area contributed by atoms with E-state index in [0.717, 1.165) is 41.3 Å².